The van der Waals surface area contributed by atoms with Gasteiger partial charge in [0.2, 0.25) is 5.91 Å². The zero-order valence-corrected chi connectivity index (χ0v) is 20.2. The molecule has 1 aromatic carbocycles. The number of carbonyl (C=O) groups is 3. The van der Waals surface area contributed by atoms with E-state index in [1.807, 2.05) is 16.8 Å². The second kappa shape index (κ2) is 10.6. The van der Waals surface area contributed by atoms with Crippen LogP contribution in [-0.2, 0) is 9.59 Å². The maximum absolute atomic E-state index is 13.3. The summed E-state index contributed by atoms with van der Waals surface area (Å²) in [4.78, 5) is 40.8. The predicted molar refractivity (Wildman–Crippen MR) is 129 cm³/mol. The minimum Gasteiger partial charge on any atom is -0.481 e. The number of benzene rings is 1. The zero-order valence-electron chi connectivity index (χ0n) is 19.5. The van der Waals surface area contributed by atoms with Gasteiger partial charge in [-0.25, -0.2) is 0 Å². The van der Waals surface area contributed by atoms with Gasteiger partial charge in [0.15, 0.2) is 0 Å². The highest BCUT2D eigenvalue weighted by Crippen LogP contribution is 2.30. The summed E-state index contributed by atoms with van der Waals surface area (Å²) in [6, 6.07) is 9.17. The summed E-state index contributed by atoms with van der Waals surface area (Å²) < 4.78 is 1.83. The van der Waals surface area contributed by atoms with Crippen LogP contribution >= 0.6 is 11.6 Å². The van der Waals surface area contributed by atoms with Gasteiger partial charge in [-0.15, -0.1) is 0 Å². The van der Waals surface area contributed by atoms with Crippen molar-refractivity contribution in [1.29, 1.82) is 0 Å². The molecule has 8 nitrogen and oxygen atoms in total. The number of unbranched alkanes of at least 4 members (excludes halogenated alkanes) is 2. The molecule has 1 aromatic heterocycles. The average molecular weight is 487 g/mol. The van der Waals surface area contributed by atoms with Gasteiger partial charge in [-0.2, -0.15) is 5.10 Å². The normalized spacial score (nSPS) is 18.8. The predicted octanol–water partition coefficient (Wildman–Crippen LogP) is 4.10. The van der Waals surface area contributed by atoms with Crippen molar-refractivity contribution in [3.8, 4) is 11.3 Å². The standard InChI is InChI=1S/C25H31ClN4O4/c1-2-3-4-5-20-15-29(16-23(31)28-12-10-18(11-13-28)25(33)34)24(32)22-14-21(27-30(20)22)17-6-8-19(26)9-7-17/h6-9,14,18,20H,2-5,10-13,15-16H2,1H3,(H,33,34). The molecule has 1 atom stereocenters. The number of halogens is 1. The second-order valence-corrected chi connectivity index (χ2v) is 9.63. The molecule has 3 heterocycles. The van der Waals surface area contributed by atoms with Crippen LogP contribution in [0, 0.1) is 5.92 Å². The summed E-state index contributed by atoms with van der Waals surface area (Å²) in [5.74, 6) is -1.54. The van der Waals surface area contributed by atoms with Gasteiger partial charge in [0, 0.05) is 30.2 Å². The SMILES string of the molecule is CCCCCC1CN(CC(=O)N2CCC(C(=O)O)CC2)C(=O)c2cc(-c3ccc(Cl)cc3)nn21. The Labute approximate surface area is 204 Å². The molecule has 34 heavy (non-hydrogen) atoms. The van der Waals surface area contributed by atoms with Gasteiger partial charge in [-0.1, -0.05) is 49.9 Å². The van der Waals surface area contributed by atoms with Crippen LogP contribution in [0.15, 0.2) is 30.3 Å². The molecular formula is C25H31ClN4O4. The Morgan fingerprint density at radius 1 is 1.15 bits per heavy atom. The molecule has 1 unspecified atom stereocenters. The van der Waals surface area contributed by atoms with Crippen molar-refractivity contribution in [3.05, 3.63) is 41.0 Å². The Bertz CT molecular complexity index is 1040. The first-order valence-corrected chi connectivity index (χ1v) is 12.4. The van der Waals surface area contributed by atoms with Crippen LogP contribution in [-0.4, -0.2) is 68.6 Å². The van der Waals surface area contributed by atoms with Crippen LogP contribution in [0.3, 0.4) is 0 Å². The van der Waals surface area contributed by atoms with Crippen LogP contribution in [0.25, 0.3) is 11.3 Å². The van der Waals surface area contributed by atoms with E-state index in [-0.39, 0.29) is 24.4 Å². The minimum absolute atomic E-state index is 0.00229. The molecule has 2 aromatic rings. The summed E-state index contributed by atoms with van der Waals surface area (Å²) >= 11 is 6.02. The van der Waals surface area contributed by atoms with E-state index in [0.29, 0.717) is 48.9 Å². The van der Waals surface area contributed by atoms with Gasteiger partial charge in [-0.05, 0) is 37.5 Å². The lowest BCUT2D eigenvalue weighted by Gasteiger charge is -2.36. The minimum atomic E-state index is -0.807. The lowest BCUT2D eigenvalue weighted by molar-refractivity contribution is -0.145. The maximum Gasteiger partial charge on any atom is 0.306 e. The van der Waals surface area contributed by atoms with Gasteiger partial charge in [-0.3, -0.25) is 19.1 Å². The molecule has 0 saturated carbocycles. The fourth-order valence-corrected chi connectivity index (χ4v) is 4.92. The maximum atomic E-state index is 13.3. The fraction of sp³-hybridized carbons (Fsp3) is 0.520. The number of aliphatic carboxylic acids is 1. The molecule has 1 saturated heterocycles. The molecule has 1 N–H and O–H groups in total. The van der Waals surface area contributed by atoms with E-state index in [4.69, 9.17) is 16.7 Å². The van der Waals surface area contributed by atoms with Crippen LogP contribution in [0.1, 0.15) is 62.0 Å². The summed E-state index contributed by atoms with van der Waals surface area (Å²) in [5, 5.41) is 14.6. The number of amides is 2. The van der Waals surface area contributed by atoms with Crippen molar-refractivity contribution < 1.29 is 19.5 Å². The quantitative estimate of drug-likeness (QED) is 0.566. The number of carboxylic acids is 1. The van der Waals surface area contributed by atoms with E-state index in [2.05, 4.69) is 6.92 Å². The van der Waals surface area contributed by atoms with Crippen LogP contribution in [0.2, 0.25) is 5.02 Å². The Morgan fingerprint density at radius 2 is 1.85 bits per heavy atom. The van der Waals surface area contributed by atoms with Crippen molar-refractivity contribution in [1.82, 2.24) is 19.6 Å². The number of piperidine rings is 1. The molecule has 2 amide bonds. The third kappa shape index (κ3) is 5.27. The first kappa shape index (κ1) is 24.3. The van der Waals surface area contributed by atoms with E-state index < -0.39 is 11.9 Å². The Balaban J connectivity index is 1.52. The molecule has 0 bridgehead atoms. The number of fused-ring (bicyclic) bond motifs is 1. The third-order valence-electron chi connectivity index (χ3n) is 6.82. The number of carbonyl (C=O) groups excluding carboxylic acids is 2. The average Bonchev–Trinajstić information content (AvgIpc) is 3.28. The Kier molecular flexibility index (Phi) is 7.56. The largest absolute Gasteiger partial charge is 0.481 e. The molecule has 0 spiro atoms. The third-order valence-corrected chi connectivity index (χ3v) is 7.07. The Morgan fingerprint density at radius 3 is 2.50 bits per heavy atom. The summed E-state index contributed by atoms with van der Waals surface area (Å²) in [6.45, 7) is 3.42. The number of likely N-dealkylation sites (tertiary alicyclic amines) is 1. The number of rotatable bonds is 8. The van der Waals surface area contributed by atoms with Crippen LogP contribution < -0.4 is 0 Å². The first-order valence-electron chi connectivity index (χ1n) is 12.0. The fourth-order valence-electron chi connectivity index (χ4n) is 4.79. The van der Waals surface area contributed by atoms with Crippen LogP contribution in [0.5, 0.6) is 0 Å². The number of hydrogen-bond acceptors (Lipinski definition) is 4. The summed E-state index contributed by atoms with van der Waals surface area (Å²) in [7, 11) is 0. The van der Waals surface area contributed by atoms with Crippen molar-refractivity contribution in [2.24, 2.45) is 5.92 Å². The number of aromatic nitrogens is 2. The monoisotopic (exact) mass is 486 g/mol. The highest BCUT2D eigenvalue weighted by Gasteiger charge is 2.35. The molecule has 2 aliphatic heterocycles. The van der Waals surface area contributed by atoms with Crippen molar-refractivity contribution in [2.75, 3.05) is 26.2 Å². The van der Waals surface area contributed by atoms with Gasteiger partial charge in [0.1, 0.15) is 12.2 Å². The molecule has 4 rings (SSSR count). The number of hydrogen-bond donors (Lipinski definition) is 1. The molecule has 182 valence electrons. The number of nitrogens with zero attached hydrogens (tertiary/aromatic N) is 4. The molecule has 9 heteroatoms. The molecule has 2 aliphatic rings. The smallest absolute Gasteiger partial charge is 0.306 e. The summed E-state index contributed by atoms with van der Waals surface area (Å²) in [5.41, 5.74) is 2.09. The van der Waals surface area contributed by atoms with Gasteiger partial charge in [0.25, 0.3) is 5.91 Å². The Hall–Kier alpha value is -2.87. The molecule has 0 aliphatic carbocycles. The van der Waals surface area contributed by atoms with Gasteiger partial charge in [0.05, 0.1) is 17.7 Å². The lowest BCUT2D eigenvalue weighted by Crippen LogP contribution is -2.50. The van der Waals surface area contributed by atoms with Crippen LogP contribution in [0.4, 0.5) is 0 Å². The molecular weight excluding hydrogens is 456 g/mol. The van der Waals surface area contributed by atoms with E-state index in [1.54, 1.807) is 28.0 Å². The number of carboxylic acid groups (broad SMARTS) is 1. The van der Waals surface area contributed by atoms with Gasteiger partial charge >= 0.3 is 5.97 Å². The van der Waals surface area contributed by atoms with Crippen molar-refractivity contribution in [2.45, 2.75) is 51.5 Å². The highest BCUT2D eigenvalue weighted by atomic mass is 35.5. The van der Waals surface area contributed by atoms with Gasteiger partial charge < -0.3 is 14.9 Å². The van der Waals surface area contributed by atoms with E-state index in [9.17, 15) is 19.5 Å². The zero-order chi connectivity index (χ0) is 24.2. The van der Waals surface area contributed by atoms with Crippen molar-refractivity contribution >= 4 is 29.4 Å². The summed E-state index contributed by atoms with van der Waals surface area (Å²) in [6.07, 6.45) is 5.00. The first-order chi connectivity index (χ1) is 16.4. The highest BCUT2D eigenvalue weighted by molar-refractivity contribution is 6.30. The lowest BCUT2D eigenvalue weighted by atomic mass is 9.97. The van der Waals surface area contributed by atoms with E-state index >= 15 is 0 Å². The topological polar surface area (TPSA) is 95.7 Å². The van der Waals surface area contributed by atoms with Crippen molar-refractivity contribution in [3.63, 3.8) is 0 Å². The molecule has 1 fully saturated rings. The molecule has 0 radical (unpaired) electrons. The van der Waals surface area contributed by atoms with E-state index in [0.717, 1.165) is 31.2 Å². The second-order valence-electron chi connectivity index (χ2n) is 9.19. The van der Waals surface area contributed by atoms with E-state index in [1.165, 1.54) is 0 Å².